The summed E-state index contributed by atoms with van der Waals surface area (Å²) in [6.07, 6.45) is 2.09. The molecule has 0 fully saturated rings. The maximum Gasteiger partial charge on any atom is 0.354 e. The average Bonchev–Trinajstić information content (AvgIpc) is 2.87. The van der Waals surface area contributed by atoms with Gasteiger partial charge in [-0.25, -0.2) is 9.78 Å². The van der Waals surface area contributed by atoms with Gasteiger partial charge >= 0.3 is 5.97 Å². The summed E-state index contributed by atoms with van der Waals surface area (Å²) in [4.78, 5) is 29.2. The molecule has 92 valence electrons. The van der Waals surface area contributed by atoms with Gasteiger partial charge in [-0.2, -0.15) is 0 Å². The Balaban J connectivity index is 2.35. The number of hydrogen-bond acceptors (Lipinski definition) is 3. The van der Waals surface area contributed by atoms with Crippen molar-refractivity contribution in [2.75, 3.05) is 0 Å². The van der Waals surface area contributed by atoms with E-state index in [9.17, 15) is 9.59 Å². The molecular formula is C13H12N2O3. The third kappa shape index (κ3) is 2.15. The number of carboxylic acid groups (broad SMARTS) is 1. The van der Waals surface area contributed by atoms with Crippen LogP contribution in [0.5, 0.6) is 0 Å². The van der Waals surface area contributed by atoms with E-state index in [0.29, 0.717) is 5.56 Å². The maximum atomic E-state index is 12.1. The Hall–Kier alpha value is -2.43. The highest BCUT2D eigenvalue weighted by atomic mass is 16.4. The number of ketones is 1. The third-order valence-corrected chi connectivity index (χ3v) is 2.69. The number of nitrogens with one attached hydrogen (secondary N) is 1. The summed E-state index contributed by atoms with van der Waals surface area (Å²) in [5.41, 5.74) is 1.31. The van der Waals surface area contributed by atoms with Crippen LogP contribution in [0.3, 0.4) is 0 Å². The molecule has 5 nitrogen and oxygen atoms in total. The Kier molecular flexibility index (Phi) is 3.23. The molecule has 1 aromatic carbocycles. The summed E-state index contributed by atoms with van der Waals surface area (Å²) >= 11 is 0. The lowest BCUT2D eigenvalue weighted by Crippen LogP contribution is -2.09. The van der Waals surface area contributed by atoms with E-state index >= 15 is 0 Å². The van der Waals surface area contributed by atoms with Crippen LogP contribution in [0.15, 0.2) is 30.6 Å². The molecule has 0 aliphatic heterocycles. The molecule has 5 heteroatoms. The van der Waals surface area contributed by atoms with E-state index in [4.69, 9.17) is 5.11 Å². The fourth-order valence-corrected chi connectivity index (χ4v) is 1.66. The van der Waals surface area contributed by atoms with Gasteiger partial charge in [0.2, 0.25) is 5.78 Å². The van der Waals surface area contributed by atoms with Crippen LogP contribution in [0, 0.1) is 0 Å². The first-order valence-corrected chi connectivity index (χ1v) is 5.53. The molecule has 0 saturated heterocycles. The van der Waals surface area contributed by atoms with E-state index in [0.717, 1.165) is 12.0 Å². The van der Waals surface area contributed by atoms with Gasteiger partial charge in [0.05, 0.1) is 6.33 Å². The van der Waals surface area contributed by atoms with Crippen molar-refractivity contribution >= 4 is 11.8 Å². The van der Waals surface area contributed by atoms with Gasteiger partial charge in [-0.3, -0.25) is 4.79 Å². The number of hydrogen-bond donors (Lipinski definition) is 2. The molecule has 2 N–H and O–H groups in total. The second-order valence-electron chi connectivity index (χ2n) is 3.81. The number of carbonyl (C=O) groups is 2. The van der Waals surface area contributed by atoms with Crippen LogP contribution in [-0.4, -0.2) is 26.8 Å². The van der Waals surface area contributed by atoms with E-state index < -0.39 is 11.8 Å². The van der Waals surface area contributed by atoms with Gasteiger partial charge in [0, 0.05) is 5.56 Å². The monoisotopic (exact) mass is 244 g/mol. The zero-order valence-electron chi connectivity index (χ0n) is 9.80. The highest BCUT2D eigenvalue weighted by molar-refractivity contribution is 6.12. The third-order valence-electron chi connectivity index (χ3n) is 2.69. The highest BCUT2D eigenvalue weighted by Crippen LogP contribution is 2.12. The zero-order valence-corrected chi connectivity index (χ0v) is 9.80. The Bertz CT molecular complexity index is 585. The van der Waals surface area contributed by atoms with Gasteiger partial charge in [-0.1, -0.05) is 31.2 Å². The molecule has 0 amide bonds. The Morgan fingerprint density at radius 3 is 2.50 bits per heavy atom. The normalized spacial score (nSPS) is 10.3. The SMILES string of the molecule is CCc1ccc(C(=O)c2nc[nH]c2C(=O)O)cc1. The molecule has 18 heavy (non-hydrogen) atoms. The lowest BCUT2D eigenvalue weighted by Gasteiger charge is -2.01. The molecule has 1 aromatic heterocycles. The predicted octanol–water partition coefficient (Wildman–Crippen LogP) is 1.90. The number of aryl methyl sites for hydroxylation is 1. The summed E-state index contributed by atoms with van der Waals surface area (Å²) < 4.78 is 0. The van der Waals surface area contributed by atoms with Gasteiger partial charge < -0.3 is 10.1 Å². The van der Waals surface area contributed by atoms with Crippen LogP contribution in [0.2, 0.25) is 0 Å². The highest BCUT2D eigenvalue weighted by Gasteiger charge is 2.20. The molecule has 2 aromatic rings. The van der Waals surface area contributed by atoms with Gasteiger partial charge in [-0.15, -0.1) is 0 Å². The number of aromatic carboxylic acids is 1. The number of carboxylic acids is 1. The standard InChI is InChI=1S/C13H12N2O3/c1-2-8-3-5-9(6-4-8)12(16)10-11(13(17)18)15-7-14-10/h3-7H,2H2,1H3,(H,14,15)(H,17,18). The van der Waals surface area contributed by atoms with Crippen LogP contribution in [0.4, 0.5) is 0 Å². The minimum absolute atomic E-state index is 0.0632. The van der Waals surface area contributed by atoms with Crippen molar-refractivity contribution in [1.82, 2.24) is 9.97 Å². The predicted molar refractivity (Wildman–Crippen MR) is 64.8 cm³/mol. The molecule has 2 rings (SSSR count). The quantitative estimate of drug-likeness (QED) is 0.804. The van der Waals surface area contributed by atoms with Gasteiger partial charge in [0.15, 0.2) is 5.69 Å². The van der Waals surface area contributed by atoms with Crippen LogP contribution in [0.25, 0.3) is 0 Å². The Labute approximate surface area is 103 Å². The molecular weight excluding hydrogens is 232 g/mol. The second-order valence-corrected chi connectivity index (χ2v) is 3.81. The topological polar surface area (TPSA) is 83.0 Å². The molecule has 0 aliphatic carbocycles. The summed E-state index contributed by atoms with van der Waals surface area (Å²) in [6.45, 7) is 2.02. The molecule has 0 radical (unpaired) electrons. The number of H-pyrrole nitrogens is 1. The number of aromatic amines is 1. The van der Waals surface area contributed by atoms with E-state index in [2.05, 4.69) is 9.97 Å². The van der Waals surface area contributed by atoms with Crippen molar-refractivity contribution in [3.63, 3.8) is 0 Å². The molecule has 0 spiro atoms. The summed E-state index contributed by atoms with van der Waals surface area (Å²) in [6, 6.07) is 7.06. The maximum absolute atomic E-state index is 12.1. The Morgan fingerprint density at radius 1 is 1.28 bits per heavy atom. The van der Waals surface area contributed by atoms with Crippen molar-refractivity contribution in [3.05, 3.63) is 53.1 Å². The van der Waals surface area contributed by atoms with Crippen LogP contribution in [0.1, 0.15) is 39.0 Å². The van der Waals surface area contributed by atoms with E-state index in [1.54, 1.807) is 12.1 Å². The molecule has 0 unspecified atom stereocenters. The fraction of sp³-hybridized carbons (Fsp3) is 0.154. The first-order valence-electron chi connectivity index (χ1n) is 5.53. The van der Waals surface area contributed by atoms with Crippen molar-refractivity contribution in [2.45, 2.75) is 13.3 Å². The number of benzene rings is 1. The number of nitrogens with zero attached hydrogens (tertiary/aromatic N) is 1. The largest absolute Gasteiger partial charge is 0.477 e. The zero-order chi connectivity index (χ0) is 13.1. The van der Waals surface area contributed by atoms with Crippen LogP contribution < -0.4 is 0 Å². The average molecular weight is 244 g/mol. The molecule has 0 saturated carbocycles. The lowest BCUT2D eigenvalue weighted by molar-refractivity contribution is 0.0687. The molecule has 1 heterocycles. The van der Waals surface area contributed by atoms with Crippen LogP contribution >= 0.6 is 0 Å². The van der Waals surface area contributed by atoms with Gasteiger partial charge in [-0.05, 0) is 12.0 Å². The van der Waals surface area contributed by atoms with Crippen molar-refractivity contribution in [1.29, 1.82) is 0 Å². The van der Waals surface area contributed by atoms with Gasteiger partial charge in [0.25, 0.3) is 0 Å². The molecule has 0 aliphatic rings. The lowest BCUT2D eigenvalue weighted by atomic mass is 10.0. The van der Waals surface area contributed by atoms with Crippen molar-refractivity contribution < 1.29 is 14.7 Å². The number of aromatic nitrogens is 2. The number of imidazole rings is 1. The first-order chi connectivity index (χ1) is 8.63. The minimum atomic E-state index is -1.19. The molecule has 0 atom stereocenters. The summed E-state index contributed by atoms with van der Waals surface area (Å²) in [5.74, 6) is -1.59. The van der Waals surface area contributed by atoms with Crippen LogP contribution in [-0.2, 0) is 6.42 Å². The van der Waals surface area contributed by atoms with E-state index in [1.165, 1.54) is 6.33 Å². The van der Waals surface area contributed by atoms with E-state index in [1.807, 2.05) is 19.1 Å². The molecule has 0 bridgehead atoms. The number of rotatable bonds is 4. The first kappa shape index (κ1) is 12.0. The fourth-order valence-electron chi connectivity index (χ4n) is 1.66. The second kappa shape index (κ2) is 4.83. The van der Waals surface area contributed by atoms with Crippen molar-refractivity contribution in [3.8, 4) is 0 Å². The Morgan fingerprint density at radius 2 is 1.94 bits per heavy atom. The van der Waals surface area contributed by atoms with Crippen molar-refractivity contribution in [2.24, 2.45) is 0 Å². The van der Waals surface area contributed by atoms with E-state index in [-0.39, 0.29) is 11.4 Å². The summed E-state index contributed by atoms with van der Waals surface area (Å²) in [5, 5.41) is 8.91. The smallest absolute Gasteiger partial charge is 0.354 e. The number of carbonyl (C=O) groups excluding carboxylic acids is 1. The minimum Gasteiger partial charge on any atom is -0.477 e. The van der Waals surface area contributed by atoms with Gasteiger partial charge in [0.1, 0.15) is 5.69 Å². The summed E-state index contributed by atoms with van der Waals surface area (Å²) in [7, 11) is 0.